The Morgan fingerprint density at radius 3 is 2.52 bits per heavy atom. The topological polar surface area (TPSA) is 95.9 Å². The van der Waals surface area contributed by atoms with Gasteiger partial charge in [-0.05, 0) is 24.7 Å². The molecule has 3 amide bonds. The molecule has 2 aliphatic rings. The fourth-order valence-corrected chi connectivity index (χ4v) is 3.25. The molecule has 0 spiro atoms. The molecule has 1 aliphatic carbocycles. The van der Waals surface area contributed by atoms with Gasteiger partial charge in [0, 0.05) is 13.1 Å². The molecule has 2 N–H and O–H groups in total. The van der Waals surface area contributed by atoms with Gasteiger partial charge in [0.05, 0.1) is 0 Å². The maximum absolute atomic E-state index is 12.0. The summed E-state index contributed by atoms with van der Waals surface area (Å²) in [4.78, 5) is 35.4. The van der Waals surface area contributed by atoms with E-state index in [4.69, 9.17) is 5.11 Å². The molecule has 1 aliphatic heterocycles. The summed E-state index contributed by atoms with van der Waals surface area (Å²) in [5.41, 5.74) is 0. The number of ether oxygens (including phenoxy) is 1. The lowest BCUT2D eigenvalue weighted by Crippen LogP contribution is -2.50. The normalized spacial score (nSPS) is 25.0. The summed E-state index contributed by atoms with van der Waals surface area (Å²) in [5, 5.41) is 10.6. The highest BCUT2D eigenvalue weighted by Crippen LogP contribution is 2.35. The van der Waals surface area contributed by atoms with Crippen LogP contribution in [0.2, 0.25) is 0 Å². The average molecular weight is 298 g/mol. The molecule has 2 fully saturated rings. The number of aliphatic carboxylic acids is 1. The van der Waals surface area contributed by atoms with Gasteiger partial charge in [0.1, 0.15) is 13.2 Å². The van der Waals surface area contributed by atoms with E-state index in [0.717, 1.165) is 18.8 Å². The van der Waals surface area contributed by atoms with Crippen LogP contribution in [0.3, 0.4) is 0 Å². The number of piperidine rings is 1. The largest absolute Gasteiger partial charge is 0.480 e. The quantitative estimate of drug-likeness (QED) is 0.801. The van der Waals surface area contributed by atoms with Gasteiger partial charge in [0.25, 0.3) is 5.91 Å². The number of carbonyl (C=O) groups excluding carboxylic acids is 2. The Labute approximate surface area is 123 Å². The zero-order valence-corrected chi connectivity index (χ0v) is 12.0. The minimum Gasteiger partial charge on any atom is -0.480 e. The summed E-state index contributed by atoms with van der Waals surface area (Å²) in [6.45, 7) is 0.420. The first kappa shape index (κ1) is 15.8. The maximum Gasteiger partial charge on any atom is 0.329 e. The van der Waals surface area contributed by atoms with Crippen molar-refractivity contribution in [2.24, 2.45) is 11.8 Å². The molecule has 2 unspecified atom stereocenters. The zero-order chi connectivity index (χ0) is 15.2. The molecule has 118 valence electrons. The standard InChI is InChI=1S/C14H22N2O5/c17-12(8-21-9-13(18)19)15-14(20)16-6-5-10-3-1-2-4-11(10)7-16/h10-11H,1-9H2,(H,18,19)(H,15,17,20). The molecule has 0 bridgehead atoms. The number of imide groups is 1. The molecule has 1 saturated carbocycles. The Bertz CT molecular complexity index is 412. The van der Waals surface area contributed by atoms with Crippen molar-refractivity contribution in [2.75, 3.05) is 26.3 Å². The molecule has 0 aromatic carbocycles. The number of hydrogen-bond acceptors (Lipinski definition) is 4. The first-order chi connectivity index (χ1) is 10.1. The highest BCUT2D eigenvalue weighted by molar-refractivity contribution is 5.95. The van der Waals surface area contributed by atoms with E-state index < -0.39 is 31.1 Å². The van der Waals surface area contributed by atoms with Gasteiger partial charge in [-0.15, -0.1) is 0 Å². The van der Waals surface area contributed by atoms with Crippen LogP contribution in [0.1, 0.15) is 32.1 Å². The van der Waals surface area contributed by atoms with Crippen LogP contribution in [-0.4, -0.2) is 54.2 Å². The number of rotatable bonds is 4. The first-order valence-electron chi connectivity index (χ1n) is 7.44. The van der Waals surface area contributed by atoms with Crippen LogP contribution in [0.4, 0.5) is 4.79 Å². The second-order valence-corrected chi connectivity index (χ2v) is 5.78. The van der Waals surface area contributed by atoms with Crippen LogP contribution >= 0.6 is 0 Å². The molecule has 7 nitrogen and oxygen atoms in total. The third-order valence-electron chi connectivity index (χ3n) is 4.28. The lowest BCUT2D eigenvalue weighted by Gasteiger charge is -2.41. The smallest absolute Gasteiger partial charge is 0.329 e. The Kier molecular flexibility index (Phi) is 5.55. The SMILES string of the molecule is O=C(O)COCC(=O)NC(=O)N1CCC2CCCCC2C1. The van der Waals surface area contributed by atoms with Gasteiger partial charge in [-0.2, -0.15) is 0 Å². The molecule has 2 atom stereocenters. The van der Waals surface area contributed by atoms with Crippen molar-refractivity contribution in [1.82, 2.24) is 10.2 Å². The van der Waals surface area contributed by atoms with Crippen molar-refractivity contribution in [1.29, 1.82) is 0 Å². The second kappa shape index (κ2) is 7.40. The molecule has 0 aromatic heterocycles. The zero-order valence-electron chi connectivity index (χ0n) is 12.0. The molecular weight excluding hydrogens is 276 g/mol. The van der Waals surface area contributed by atoms with Crippen LogP contribution < -0.4 is 5.32 Å². The molecule has 0 radical (unpaired) electrons. The Morgan fingerprint density at radius 2 is 1.81 bits per heavy atom. The van der Waals surface area contributed by atoms with E-state index in [9.17, 15) is 14.4 Å². The van der Waals surface area contributed by atoms with Gasteiger partial charge < -0.3 is 14.7 Å². The maximum atomic E-state index is 12.0. The van der Waals surface area contributed by atoms with Gasteiger partial charge in [0.15, 0.2) is 0 Å². The van der Waals surface area contributed by atoms with Crippen LogP contribution in [0.25, 0.3) is 0 Å². The Morgan fingerprint density at radius 1 is 1.10 bits per heavy atom. The predicted octanol–water partition coefficient (Wildman–Crippen LogP) is 0.836. The van der Waals surface area contributed by atoms with E-state index in [-0.39, 0.29) is 0 Å². The van der Waals surface area contributed by atoms with Gasteiger partial charge in [0.2, 0.25) is 0 Å². The number of hydrogen-bond donors (Lipinski definition) is 2. The summed E-state index contributed by atoms with van der Waals surface area (Å²) >= 11 is 0. The number of urea groups is 1. The van der Waals surface area contributed by atoms with Crippen LogP contribution in [-0.2, 0) is 14.3 Å². The van der Waals surface area contributed by atoms with Gasteiger partial charge in [-0.1, -0.05) is 19.3 Å². The molecule has 0 aromatic rings. The summed E-state index contributed by atoms with van der Waals surface area (Å²) in [7, 11) is 0. The van der Waals surface area contributed by atoms with Crippen LogP contribution in [0.15, 0.2) is 0 Å². The van der Waals surface area contributed by atoms with Crippen molar-refractivity contribution in [3.8, 4) is 0 Å². The van der Waals surface area contributed by atoms with Gasteiger partial charge >= 0.3 is 12.0 Å². The van der Waals surface area contributed by atoms with Crippen molar-refractivity contribution in [3.63, 3.8) is 0 Å². The Hall–Kier alpha value is -1.63. The van der Waals surface area contributed by atoms with Crippen molar-refractivity contribution < 1.29 is 24.2 Å². The first-order valence-corrected chi connectivity index (χ1v) is 7.44. The fourth-order valence-electron chi connectivity index (χ4n) is 3.25. The molecule has 21 heavy (non-hydrogen) atoms. The molecular formula is C14H22N2O5. The van der Waals surface area contributed by atoms with E-state index in [1.165, 1.54) is 19.3 Å². The van der Waals surface area contributed by atoms with E-state index in [2.05, 4.69) is 10.1 Å². The van der Waals surface area contributed by atoms with Crippen LogP contribution in [0.5, 0.6) is 0 Å². The number of likely N-dealkylation sites (tertiary alicyclic amines) is 1. The minimum atomic E-state index is -1.14. The summed E-state index contributed by atoms with van der Waals surface area (Å²) in [6, 6.07) is -0.400. The van der Waals surface area contributed by atoms with Gasteiger partial charge in [-0.25, -0.2) is 9.59 Å². The summed E-state index contributed by atoms with van der Waals surface area (Å²) in [6.07, 6.45) is 5.92. The predicted molar refractivity (Wildman–Crippen MR) is 73.6 cm³/mol. The van der Waals surface area contributed by atoms with Crippen molar-refractivity contribution >= 4 is 17.9 Å². The summed E-state index contributed by atoms with van der Waals surface area (Å²) in [5.74, 6) is -0.477. The molecule has 7 heteroatoms. The molecule has 1 heterocycles. The minimum absolute atomic E-state index is 0.400. The number of nitrogens with zero attached hydrogens (tertiary/aromatic N) is 1. The highest BCUT2D eigenvalue weighted by Gasteiger charge is 2.33. The van der Waals surface area contributed by atoms with Gasteiger partial charge in [-0.3, -0.25) is 10.1 Å². The van der Waals surface area contributed by atoms with E-state index in [1.807, 2.05) is 0 Å². The number of fused-ring (bicyclic) bond motifs is 1. The summed E-state index contributed by atoms with van der Waals surface area (Å²) < 4.78 is 4.65. The lowest BCUT2D eigenvalue weighted by atomic mass is 9.75. The third kappa shape index (κ3) is 4.70. The molecule has 1 saturated heterocycles. The fraction of sp³-hybridized carbons (Fsp3) is 0.786. The van der Waals surface area contributed by atoms with Crippen LogP contribution in [0, 0.1) is 11.8 Å². The number of amides is 3. The monoisotopic (exact) mass is 298 g/mol. The number of nitrogens with one attached hydrogen (secondary N) is 1. The molecule has 2 rings (SSSR count). The number of carboxylic acids is 1. The number of carboxylic acid groups (broad SMARTS) is 1. The third-order valence-corrected chi connectivity index (χ3v) is 4.28. The van der Waals surface area contributed by atoms with E-state index in [0.29, 0.717) is 19.0 Å². The second-order valence-electron chi connectivity index (χ2n) is 5.78. The average Bonchev–Trinajstić information content (AvgIpc) is 2.46. The highest BCUT2D eigenvalue weighted by atomic mass is 16.5. The Balaban J connectivity index is 1.73. The number of carbonyl (C=O) groups is 3. The van der Waals surface area contributed by atoms with Crippen molar-refractivity contribution in [3.05, 3.63) is 0 Å². The van der Waals surface area contributed by atoms with E-state index >= 15 is 0 Å². The lowest BCUT2D eigenvalue weighted by molar-refractivity contribution is -0.143. The van der Waals surface area contributed by atoms with E-state index in [1.54, 1.807) is 4.90 Å². The van der Waals surface area contributed by atoms with Crippen molar-refractivity contribution in [2.45, 2.75) is 32.1 Å².